The van der Waals surface area contributed by atoms with Crippen LogP contribution in [0.1, 0.15) is 35.1 Å². The molecule has 7 heteroatoms. The lowest BCUT2D eigenvalue weighted by molar-refractivity contribution is -0.122. The number of likely N-dealkylation sites (tertiary alicyclic amines) is 1. The van der Waals surface area contributed by atoms with Gasteiger partial charge in [-0.05, 0) is 51.5 Å². The zero-order chi connectivity index (χ0) is 19.2. The van der Waals surface area contributed by atoms with E-state index in [1.54, 1.807) is 11.3 Å². The lowest BCUT2D eigenvalue weighted by Crippen LogP contribution is -2.40. The number of amides is 1. The molecule has 27 heavy (non-hydrogen) atoms. The van der Waals surface area contributed by atoms with Gasteiger partial charge in [-0.15, -0.1) is 11.3 Å². The van der Waals surface area contributed by atoms with Gasteiger partial charge in [0.05, 0.1) is 23.3 Å². The second-order valence-electron chi connectivity index (χ2n) is 7.11. The lowest BCUT2D eigenvalue weighted by Gasteiger charge is -2.29. The molecule has 1 aliphatic heterocycles. The van der Waals surface area contributed by atoms with Gasteiger partial charge in [0.15, 0.2) is 0 Å². The van der Waals surface area contributed by atoms with Crippen LogP contribution in [-0.4, -0.2) is 53.9 Å². The summed E-state index contributed by atoms with van der Waals surface area (Å²) >= 11 is 8.07. The molecule has 1 aromatic carbocycles. The van der Waals surface area contributed by atoms with E-state index >= 15 is 0 Å². The summed E-state index contributed by atoms with van der Waals surface area (Å²) in [6.07, 6.45) is 2.40. The number of hydrogen-bond acceptors (Lipinski definition) is 5. The summed E-state index contributed by atoms with van der Waals surface area (Å²) in [5.74, 6) is 0.0284. The largest absolute Gasteiger partial charge is 0.353 e. The van der Waals surface area contributed by atoms with E-state index in [0.717, 1.165) is 34.4 Å². The van der Waals surface area contributed by atoms with Crippen LogP contribution in [0.15, 0.2) is 29.6 Å². The Labute approximate surface area is 170 Å². The summed E-state index contributed by atoms with van der Waals surface area (Å²) in [6, 6.07) is 8.06. The number of nitrogens with one attached hydrogen (secondary N) is 1. The molecule has 2 aromatic rings. The number of halogens is 1. The molecule has 0 aliphatic carbocycles. The molecule has 5 nitrogen and oxygen atoms in total. The van der Waals surface area contributed by atoms with Crippen molar-refractivity contribution in [2.45, 2.75) is 32.4 Å². The second-order valence-corrected chi connectivity index (χ2v) is 8.58. The summed E-state index contributed by atoms with van der Waals surface area (Å²) < 4.78 is 0. The summed E-state index contributed by atoms with van der Waals surface area (Å²) in [5, 5.41) is 6.97. The Balaban J connectivity index is 1.56. The minimum absolute atomic E-state index is 0.0284. The highest BCUT2D eigenvalue weighted by Gasteiger charge is 2.25. The number of aromatic nitrogens is 1. The van der Waals surface area contributed by atoms with Gasteiger partial charge in [-0.25, -0.2) is 4.98 Å². The van der Waals surface area contributed by atoms with Crippen molar-refractivity contribution in [3.8, 4) is 0 Å². The Morgan fingerprint density at radius 2 is 2.11 bits per heavy atom. The molecule has 0 saturated carbocycles. The maximum Gasteiger partial charge on any atom is 0.234 e. The monoisotopic (exact) mass is 406 g/mol. The molecule has 1 amide bonds. The molecule has 2 heterocycles. The van der Waals surface area contributed by atoms with E-state index in [2.05, 4.69) is 21.3 Å². The lowest BCUT2D eigenvalue weighted by atomic mass is 10.1. The molecule has 0 radical (unpaired) electrons. The van der Waals surface area contributed by atoms with Gasteiger partial charge in [0, 0.05) is 23.5 Å². The van der Waals surface area contributed by atoms with Crippen LogP contribution < -0.4 is 5.32 Å². The van der Waals surface area contributed by atoms with Gasteiger partial charge in [0.2, 0.25) is 5.91 Å². The second kappa shape index (κ2) is 9.64. The average Bonchev–Trinajstić information content (AvgIpc) is 3.28. The first kappa shape index (κ1) is 20.3. The van der Waals surface area contributed by atoms with E-state index in [9.17, 15) is 4.79 Å². The van der Waals surface area contributed by atoms with Crippen molar-refractivity contribution in [1.82, 2.24) is 20.1 Å². The normalized spacial score (nSPS) is 16.0. The Bertz CT molecular complexity index is 760. The number of nitrogens with zero attached hydrogens (tertiary/aromatic N) is 3. The van der Waals surface area contributed by atoms with Crippen LogP contribution in [0.25, 0.3) is 0 Å². The van der Waals surface area contributed by atoms with Crippen LogP contribution >= 0.6 is 22.9 Å². The highest BCUT2D eigenvalue weighted by atomic mass is 35.5. The maximum atomic E-state index is 12.5. The third kappa shape index (κ3) is 5.75. The summed E-state index contributed by atoms with van der Waals surface area (Å²) in [6.45, 7) is 5.70. The molecule has 1 atom stereocenters. The van der Waals surface area contributed by atoms with E-state index in [-0.39, 0.29) is 11.9 Å². The number of carbonyl (C=O) groups is 1. The van der Waals surface area contributed by atoms with E-state index in [1.807, 2.05) is 42.5 Å². The average molecular weight is 407 g/mol. The topological polar surface area (TPSA) is 48.5 Å². The molecule has 146 valence electrons. The van der Waals surface area contributed by atoms with Crippen LogP contribution in [0.3, 0.4) is 0 Å². The van der Waals surface area contributed by atoms with Crippen molar-refractivity contribution in [2.75, 3.05) is 33.2 Å². The fraction of sp³-hybridized carbons (Fsp3) is 0.500. The standard InChI is InChI=1S/C20H27ClN4OS/c1-15-23-16(14-27-15)12-24(2)13-20(26)22-11-19(25-9-5-6-10-25)17-7-3-4-8-18(17)21/h3-4,7-8,14,19H,5-6,9-13H2,1-2H3,(H,22,26)/t19-/m0/s1. The first-order valence-corrected chi connectivity index (χ1v) is 10.6. The van der Waals surface area contributed by atoms with Crippen LogP contribution in [0, 0.1) is 6.92 Å². The van der Waals surface area contributed by atoms with Crippen LogP contribution in [0.4, 0.5) is 0 Å². The number of carbonyl (C=O) groups excluding carboxylic acids is 1. The van der Waals surface area contributed by atoms with Crippen LogP contribution in [0.5, 0.6) is 0 Å². The number of benzene rings is 1. The van der Waals surface area contributed by atoms with Gasteiger partial charge in [-0.1, -0.05) is 29.8 Å². The Morgan fingerprint density at radius 3 is 2.78 bits per heavy atom. The van der Waals surface area contributed by atoms with Crippen LogP contribution in [-0.2, 0) is 11.3 Å². The minimum Gasteiger partial charge on any atom is -0.353 e. The molecule has 0 spiro atoms. The SMILES string of the molecule is Cc1nc(CN(C)CC(=O)NC[C@@H](c2ccccc2Cl)N2CCCC2)cs1. The number of hydrogen-bond donors (Lipinski definition) is 1. The predicted octanol–water partition coefficient (Wildman–Crippen LogP) is 3.49. The van der Waals surface area contributed by atoms with E-state index < -0.39 is 0 Å². The smallest absolute Gasteiger partial charge is 0.234 e. The fourth-order valence-corrected chi connectivity index (χ4v) is 4.42. The van der Waals surface area contributed by atoms with E-state index in [4.69, 9.17) is 11.6 Å². The molecule has 1 N–H and O–H groups in total. The van der Waals surface area contributed by atoms with Gasteiger partial charge in [0.25, 0.3) is 0 Å². The van der Waals surface area contributed by atoms with Gasteiger partial charge < -0.3 is 5.32 Å². The summed E-state index contributed by atoms with van der Waals surface area (Å²) in [7, 11) is 1.94. The van der Waals surface area contributed by atoms with Crippen molar-refractivity contribution in [3.63, 3.8) is 0 Å². The van der Waals surface area contributed by atoms with Gasteiger partial charge >= 0.3 is 0 Å². The molecule has 3 rings (SSSR count). The number of thiazole rings is 1. The Kier molecular flexibility index (Phi) is 7.24. The zero-order valence-electron chi connectivity index (χ0n) is 15.9. The first-order chi connectivity index (χ1) is 13.0. The predicted molar refractivity (Wildman–Crippen MR) is 111 cm³/mol. The van der Waals surface area contributed by atoms with E-state index in [1.165, 1.54) is 12.8 Å². The van der Waals surface area contributed by atoms with Crippen molar-refractivity contribution in [1.29, 1.82) is 0 Å². The highest BCUT2D eigenvalue weighted by molar-refractivity contribution is 7.09. The molecule has 1 fully saturated rings. The fourth-order valence-electron chi connectivity index (χ4n) is 3.56. The van der Waals surface area contributed by atoms with Crippen LogP contribution in [0.2, 0.25) is 5.02 Å². The van der Waals surface area contributed by atoms with Gasteiger partial charge in [-0.3, -0.25) is 14.6 Å². The third-order valence-corrected chi connectivity index (χ3v) is 6.02. The molecule has 1 aromatic heterocycles. The molecule has 1 aliphatic rings. The van der Waals surface area contributed by atoms with E-state index in [0.29, 0.717) is 19.6 Å². The molecular formula is C20H27ClN4OS. The number of rotatable bonds is 8. The van der Waals surface area contributed by atoms with Crippen molar-refractivity contribution >= 4 is 28.8 Å². The van der Waals surface area contributed by atoms with Gasteiger partial charge in [0.1, 0.15) is 0 Å². The van der Waals surface area contributed by atoms with Crippen molar-refractivity contribution in [3.05, 3.63) is 50.9 Å². The number of aryl methyl sites for hydroxylation is 1. The molecule has 0 bridgehead atoms. The maximum absolute atomic E-state index is 12.5. The van der Waals surface area contributed by atoms with Gasteiger partial charge in [-0.2, -0.15) is 0 Å². The molecule has 0 unspecified atom stereocenters. The first-order valence-electron chi connectivity index (χ1n) is 9.37. The van der Waals surface area contributed by atoms with Crippen molar-refractivity contribution in [2.24, 2.45) is 0 Å². The minimum atomic E-state index is 0.0284. The summed E-state index contributed by atoms with van der Waals surface area (Å²) in [5.41, 5.74) is 2.10. The zero-order valence-corrected chi connectivity index (χ0v) is 17.5. The quantitative estimate of drug-likeness (QED) is 0.729. The summed E-state index contributed by atoms with van der Waals surface area (Å²) in [4.78, 5) is 21.3. The third-order valence-electron chi connectivity index (χ3n) is 4.85. The Hall–Kier alpha value is -1.47. The highest BCUT2D eigenvalue weighted by Crippen LogP contribution is 2.29. The Morgan fingerprint density at radius 1 is 1.37 bits per heavy atom. The molecule has 1 saturated heterocycles. The number of likely N-dealkylation sites (N-methyl/N-ethyl adjacent to an activating group) is 1. The molecular weight excluding hydrogens is 380 g/mol. The van der Waals surface area contributed by atoms with Crippen molar-refractivity contribution < 1.29 is 4.79 Å².